The van der Waals surface area contributed by atoms with Crippen molar-refractivity contribution in [1.29, 1.82) is 0 Å². The molecule has 0 aliphatic carbocycles. The lowest BCUT2D eigenvalue weighted by Crippen LogP contribution is -2.57. The Hall–Kier alpha value is -6.49. The van der Waals surface area contributed by atoms with Crippen LogP contribution in [-0.2, 0) is 82.5 Å². The minimum absolute atomic E-state index is 0.0112. The minimum Gasteiger partial charge on any atom is -0.460 e. The summed E-state index contributed by atoms with van der Waals surface area (Å²) in [6, 6.07) is 5.50. The van der Waals surface area contributed by atoms with Gasteiger partial charge in [-0.3, -0.25) is 28.8 Å². The van der Waals surface area contributed by atoms with Crippen LogP contribution in [0.3, 0.4) is 0 Å². The molecule has 5 heterocycles. The number of esters is 2. The summed E-state index contributed by atoms with van der Waals surface area (Å²) in [7, 11) is 0. The number of cyclic esters (lactones) is 1. The van der Waals surface area contributed by atoms with Gasteiger partial charge in [0.1, 0.15) is 35.9 Å². The molecule has 2 aromatic heterocycles. The van der Waals surface area contributed by atoms with Gasteiger partial charge in [0.25, 0.3) is 5.56 Å². The summed E-state index contributed by atoms with van der Waals surface area (Å²) in [4.78, 5) is 114. The van der Waals surface area contributed by atoms with E-state index in [1.807, 2.05) is 24.3 Å². The molecule has 5 amide bonds. The Morgan fingerprint density at radius 1 is 0.880 bits per heavy atom. The zero-order valence-electron chi connectivity index (χ0n) is 44.5. The molecule has 410 valence electrons. The van der Waals surface area contributed by atoms with Crippen LogP contribution in [0.1, 0.15) is 117 Å². The normalized spacial score (nSPS) is 17.8. The Morgan fingerprint density at radius 3 is 2.21 bits per heavy atom. The highest BCUT2D eigenvalue weighted by Crippen LogP contribution is 2.40. The van der Waals surface area contributed by atoms with Gasteiger partial charge in [0.05, 0.1) is 75.1 Å². The Morgan fingerprint density at radius 2 is 1.55 bits per heavy atom. The van der Waals surface area contributed by atoms with Crippen molar-refractivity contribution in [2.45, 2.75) is 149 Å². The van der Waals surface area contributed by atoms with Gasteiger partial charge in [0.2, 0.25) is 23.6 Å². The summed E-state index contributed by atoms with van der Waals surface area (Å²) in [6.45, 7) is 17.0. The first-order chi connectivity index (χ1) is 35.4. The van der Waals surface area contributed by atoms with Gasteiger partial charge in [-0.15, -0.1) is 0 Å². The van der Waals surface area contributed by atoms with Crippen LogP contribution in [-0.4, -0.2) is 143 Å². The van der Waals surface area contributed by atoms with Crippen molar-refractivity contribution in [3.05, 3.63) is 62.9 Å². The molecule has 1 saturated heterocycles. The molecule has 5 N–H and O–H groups in total. The van der Waals surface area contributed by atoms with Crippen LogP contribution in [0.25, 0.3) is 22.3 Å². The van der Waals surface area contributed by atoms with Crippen LogP contribution < -0.4 is 26.8 Å². The molecule has 3 aromatic rings. The van der Waals surface area contributed by atoms with Crippen molar-refractivity contribution in [1.82, 2.24) is 35.7 Å². The molecule has 1 aromatic carbocycles. The van der Waals surface area contributed by atoms with E-state index in [4.69, 9.17) is 33.4 Å². The van der Waals surface area contributed by atoms with Crippen LogP contribution in [0.15, 0.2) is 35.1 Å². The second-order valence-corrected chi connectivity index (χ2v) is 21.1. The van der Waals surface area contributed by atoms with Gasteiger partial charge in [-0.1, -0.05) is 39.0 Å². The number of amides is 5. The van der Waals surface area contributed by atoms with Crippen LogP contribution >= 0.6 is 0 Å². The highest BCUT2D eigenvalue weighted by Gasteiger charge is 2.46. The first-order valence-electron chi connectivity index (χ1n) is 25.6. The Kier molecular flexibility index (Phi) is 19.2. The number of aromatic nitrogens is 2. The summed E-state index contributed by atoms with van der Waals surface area (Å²) in [5.74, 6) is -4.29. The van der Waals surface area contributed by atoms with Gasteiger partial charge in [0, 0.05) is 42.6 Å². The maximum Gasteiger partial charge on any atom is 0.407 e. The maximum absolute atomic E-state index is 14.3. The van der Waals surface area contributed by atoms with Gasteiger partial charge in [-0.25, -0.2) is 14.6 Å². The van der Waals surface area contributed by atoms with Crippen molar-refractivity contribution in [2.24, 2.45) is 5.92 Å². The third-order valence-corrected chi connectivity index (χ3v) is 12.8. The van der Waals surface area contributed by atoms with Crippen molar-refractivity contribution in [3.8, 4) is 11.4 Å². The fraction of sp³-hybridized carbons (Fsp3) is 0.604. The minimum atomic E-state index is -2.00. The smallest absolute Gasteiger partial charge is 0.407 e. The van der Waals surface area contributed by atoms with E-state index in [0.717, 1.165) is 5.39 Å². The van der Waals surface area contributed by atoms with E-state index in [2.05, 4.69) is 21.3 Å². The van der Waals surface area contributed by atoms with E-state index >= 15 is 0 Å². The number of rotatable bonds is 23. The average molecular weight is 1050 g/mol. The van der Waals surface area contributed by atoms with E-state index in [0.29, 0.717) is 34.5 Å². The van der Waals surface area contributed by atoms with Gasteiger partial charge in [0.15, 0.2) is 5.60 Å². The molecule has 0 radical (unpaired) electrons. The molecular formula is C53H73N7O15. The molecule has 75 heavy (non-hydrogen) atoms. The van der Waals surface area contributed by atoms with Crippen molar-refractivity contribution >= 4 is 52.6 Å². The fourth-order valence-electron chi connectivity index (χ4n) is 9.15. The summed E-state index contributed by atoms with van der Waals surface area (Å²) in [5, 5.41) is 23.2. The molecule has 22 nitrogen and oxygen atoms in total. The third kappa shape index (κ3) is 14.7. The maximum atomic E-state index is 14.3. The highest BCUT2D eigenvalue weighted by atomic mass is 16.6. The Bertz CT molecular complexity index is 2670. The van der Waals surface area contributed by atoms with Crippen molar-refractivity contribution in [2.75, 3.05) is 52.7 Å². The third-order valence-electron chi connectivity index (χ3n) is 12.8. The molecule has 0 bridgehead atoms. The van der Waals surface area contributed by atoms with E-state index in [1.165, 1.54) is 9.47 Å². The highest BCUT2D eigenvalue weighted by molar-refractivity contribution is 5.96. The Balaban J connectivity index is 1.05. The average Bonchev–Trinajstić information content (AvgIpc) is 3.98. The van der Waals surface area contributed by atoms with Gasteiger partial charge >= 0.3 is 18.0 Å². The number of hydrogen-bond acceptors (Lipinski definition) is 16. The number of nitrogens with zero attached hydrogens (tertiary/aromatic N) is 3. The number of benzene rings is 1. The first kappa shape index (κ1) is 57.8. The topological polar surface area (TPSA) is 281 Å². The summed E-state index contributed by atoms with van der Waals surface area (Å²) in [5.41, 5.74) is -0.723. The summed E-state index contributed by atoms with van der Waals surface area (Å²) in [6.07, 6.45) is -0.478. The molecule has 0 unspecified atom stereocenters. The van der Waals surface area contributed by atoms with Crippen LogP contribution in [0.5, 0.6) is 0 Å². The molecule has 0 spiro atoms. The molecular weight excluding hydrogens is 975 g/mol. The summed E-state index contributed by atoms with van der Waals surface area (Å²) < 4.78 is 33.9. The number of aliphatic hydroxyl groups is 1. The first-order valence-corrected chi connectivity index (χ1v) is 25.6. The second kappa shape index (κ2) is 24.9. The molecule has 3 aliphatic heterocycles. The molecule has 22 heteroatoms. The van der Waals surface area contributed by atoms with Gasteiger partial charge in [-0.2, -0.15) is 0 Å². The number of nitrogens with one attached hydrogen (secondary N) is 4. The number of pyridine rings is 2. The number of para-hydroxylation sites is 1. The Labute approximate surface area is 436 Å². The largest absolute Gasteiger partial charge is 0.460 e. The van der Waals surface area contributed by atoms with Crippen LogP contribution in [0, 0.1) is 5.92 Å². The predicted octanol–water partition coefficient (Wildman–Crippen LogP) is 3.01. The van der Waals surface area contributed by atoms with Crippen LogP contribution in [0.2, 0.25) is 0 Å². The van der Waals surface area contributed by atoms with Crippen LogP contribution in [0.4, 0.5) is 4.79 Å². The number of carbonyl (C=O) groups excluding carboxylic acids is 7. The SMILES string of the molecule is CC[C@@]1(O)C(=O)OCc2c1cc1n(c2=O)Cc2c-1nc1ccccc1c2CNC(=O)[C@@H](NC(=O)[C@@H]1CCCN1C(=O)[C@H](CC(=O)OC(C)(C)C)NC(=O)CCOCCOCCOCCNC(=O)OC(C)(C)C)C(C)C. The van der Waals surface area contributed by atoms with E-state index in [9.17, 15) is 43.5 Å². The van der Waals surface area contributed by atoms with Gasteiger partial charge in [-0.05, 0) is 84.4 Å². The zero-order valence-corrected chi connectivity index (χ0v) is 44.5. The number of ether oxygens (including phenoxy) is 6. The van der Waals surface area contributed by atoms with Crippen molar-refractivity contribution < 1.29 is 67.1 Å². The lowest BCUT2D eigenvalue weighted by Gasteiger charge is -2.31. The lowest BCUT2D eigenvalue weighted by atomic mass is 9.86. The monoisotopic (exact) mass is 1050 g/mol. The second-order valence-electron chi connectivity index (χ2n) is 21.1. The zero-order chi connectivity index (χ0) is 54.8. The number of likely N-dealkylation sites (tertiary alicyclic amines) is 1. The molecule has 6 rings (SSSR count). The predicted molar refractivity (Wildman–Crippen MR) is 272 cm³/mol. The van der Waals surface area contributed by atoms with E-state index < -0.39 is 94.5 Å². The lowest BCUT2D eigenvalue weighted by molar-refractivity contribution is -0.172. The summed E-state index contributed by atoms with van der Waals surface area (Å²) >= 11 is 0. The van der Waals surface area contributed by atoms with Gasteiger partial charge < -0.3 is 64.3 Å². The molecule has 0 saturated carbocycles. The van der Waals surface area contributed by atoms with Crippen molar-refractivity contribution in [3.63, 3.8) is 0 Å². The molecule has 4 atom stereocenters. The van der Waals surface area contributed by atoms with E-state index in [1.54, 1.807) is 68.4 Å². The standard InChI is InChI=1S/C53H73N7O15/c1-10-53(69)36-26-40-44-34(29-60(40)47(65)35(36)30-73-49(53)67)33(32-14-11-12-15-37(32)57-44)28-55-46(64)43(31(2)3)58-45(63)39-16-13-19-59(39)48(66)38(27-42(62)74-51(4,5)6)56-41(61)17-20-70-22-24-72-25-23-71-21-18-54-50(68)75-52(7,8)9/h11-12,14-15,26,31,38-39,43,69H,10,13,16-25,27-30H2,1-9H3,(H,54,68)(H,55,64)(H,56,61)(H,58,63)/t38-,39-,43-,53-/m0/s1. The van der Waals surface area contributed by atoms with E-state index in [-0.39, 0.29) is 103 Å². The number of alkyl carbamates (subject to hydrolysis) is 1. The fourth-order valence-corrected chi connectivity index (χ4v) is 9.15. The number of fused-ring (bicyclic) bond motifs is 5. The quantitative estimate of drug-likeness (QED) is 0.0406. The number of carbonyl (C=O) groups is 7. The number of hydrogen-bond donors (Lipinski definition) is 5. The molecule has 3 aliphatic rings. The molecule has 1 fully saturated rings.